The highest BCUT2D eigenvalue weighted by Crippen LogP contribution is 2.67. The highest BCUT2D eigenvalue weighted by Gasteiger charge is 2.75. The number of carbonyl (C=O) groups is 1. The second-order valence-electron chi connectivity index (χ2n) is 10.2. The Morgan fingerprint density at radius 1 is 1.23 bits per heavy atom. The molecule has 6 aliphatic rings. The molecule has 1 aromatic carbocycles. The van der Waals surface area contributed by atoms with Crippen molar-refractivity contribution in [3.05, 3.63) is 17.7 Å². The number of aliphatic hydroxyl groups excluding tert-OH is 1. The third-order valence-corrected chi connectivity index (χ3v) is 9.44. The lowest BCUT2D eigenvalue weighted by molar-refractivity contribution is -0.184. The third-order valence-electron chi connectivity index (χ3n) is 9.44. The van der Waals surface area contributed by atoms with Crippen molar-refractivity contribution in [1.29, 1.82) is 0 Å². The Morgan fingerprint density at radius 2 is 2.00 bits per heavy atom. The predicted octanol–water partition coefficient (Wildman–Crippen LogP) is 0.275. The number of ether oxygens (including phenoxy) is 3. The first-order chi connectivity index (χ1) is 14.9. The maximum Gasteiger partial charge on any atom is 0.229 e. The smallest absolute Gasteiger partial charge is 0.229 e. The van der Waals surface area contributed by atoms with Crippen LogP contribution in [0.5, 0.6) is 11.5 Å². The summed E-state index contributed by atoms with van der Waals surface area (Å²) in [5.74, 6) is 1.24. The van der Waals surface area contributed by atoms with Crippen LogP contribution in [0.1, 0.15) is 24.8 Å². The van der Waals surface area contributed by atoms with E-state index >= 15 is 0 Å². The summed E-state index contributed by atoms with van der Waals surface area (Å²) in [4.78, 5) is 17.8. The lowest BCUT2D eigenvalue weighted by atomic mass is 9.51. The molecule has 5 fully saturated rings. The summed E-state index contributed by atoms with van der Waals surface area (Å²) in [7, 11) is 3.26. The summed E-state index contributed by atoms with van der Waals surface area (Å²) in [6.07, 6.45) is 0.787. The summed E-state index contributed by atoms with van der Waals surface area (Å²) in [6.45, 7) is 1.38. The monoisotopic (exact) mass is 428 g/mol. The number of methoxy groups -OCH3 is 2. The molecular formula is C23H28N2O6. The van der Waals surface area contributed by atoms with Crippen molar-refractivity contribution in [3.63, 3.8) is 0 Å². The van der Waals surface area contributed by atoms with Gasteiger partial charge in [0.25, 0.3) is 0 Å². The number of nitrogens with zero attached hydrogens (tertiary/aromatic N) is 2. The Kier molecular flexibility index (Phi) is 3.45. The van der Waals surface area contributed by atoms with Crippen LogP contribution in [-0.4, -0.2) is 84.8 Å². The van der Waals surface area contributed by atoms with Crippen molar-refractivity contribution in [2.45, 2.75) is 54.6 Å². The Labute approximate surface area is 180 Å². The number of aliphatic hydroxyl groups is 2. The molecule has 0 aromatic heterocycles. The minimum Gasteiger partial charge on any atom is -0.493 e. The molecule has 2 N–H and O–H groups in total. The Hall–Kier alpha value is -1.87. The number of carbonyl (C=O) groups excluding carboxylic acids is 1. The summed E-state index contributed by atoms with van der Waals surface area (Å²) in [6, 6.07) is 4.16. The van der Waals surface area contributed by atoms with Crippen LogP contribution in [-0.2, 0) is 14.9 Å². The van der Waals surface area contributed by atoms with Crippen LogP contribution in [0.15, 0.2) is 12.1 Å². The summed E-state index contributed by atoms with van der Waals surface area (Å²) in [5, 5.41) is 22.7. The van der Waals surface area contributed by atoms with Gasteiger partial charge in [-0.15, -0.1) is 0 Å². The van der Waals surface area contributed by atoms with Crippen molar-refractivity contribution >= 4 is 11.6 Å². The van der Waals surface area contributed by atoms with Gasteiger partial charge in [-0.3, -0.25) is 9.69 Å². The van der Waals surface area contributed by atoms with Crippen molar-refractivity contribution in [3.8, 4) is 11.5 Å². The normalized spacial score (nSPS) is 46.6. The Morgan fingerprint density at radius 3 is 2.77 bits per heavy atom. The van der Waals surface area contributed by atoms with Crippen LogP contribution >= 0.6 is 0 Å². The molecule has 166 valence electrons. The number of hydrogen-bond acceptors (Lipinski definition) is 7. The molecule has 4 saturated heterocycles. The molecular weight excluding hydrogens is 400 g/mol. The van der Waals surface area contributed by atoms with Crippen molar-refractivity contribution < 1.29 is 29.2 Å². The topological polar surface area (TPSA) is 91.7 Å². The van der Waals surface area contributed by atoms with Crippen molar-refractivity contribution in [2.75, 3.05) is 38.8 Å². The average molecular weight is 428 g/mol. The van der Waals surface area contributed by atoms with Crippen molar-refractivity contribution in [2.24, 2.45) is 11.8 Å². The lowest BCUT2D eigenvalue weighted by Gasteiger charge is -2.61. The molecule has 2 bridgehead atoms. The first kappa shape index (κ1) is 18.7. The van der Waals surface area contributed by atoms with Gasteiger partial charge in [0.1, 0.15) is 11.7 Å². The molecule has 7 rings (SSSR count). The van der Waals surface area contributed by atoms with E-state index in [1.807, 2.05) is 11.0 Å². The second kappa shape index (κ2) is 5.73. The molecule has 1 aliphatic carbocycles. The molecule has 1 amide bonds. The van der Waals surface area contributed by atoms with Gasteiger partial charge in [0.05, 0.1) is 45.1 Å². The Bertz CT molecular complexity index is 1000. The number of hydrogen-bond donors (Lipinski definition) is 2. The van der Waals surface area contributed by atoms with Gasteiger partial charge in [0.15, 0.2) is 11.5 Å². The fraction of sp³-hybridized carbons (Fsp3) is 0.696. The van der Waals surface area contributed by atoms with Gasteiger partial charge in [-0.1, -0.05) is 0 Å². The number of anilines is 1. The molecule has 5 heterocycles. The van der Waals surface area contributed by atoms with E-state index in [0.717, 1.165) is 30.6 Å². The third kappa shape index (κ3) is 1.92. The predicted molar refractivity (Wildman–Crippen MR) is 109 cm³/mol. The van der Waals surface area contributed by atoms with E-state index in [0.29, 0.717) is 18.0 Å². The van der Waals surface area contributed by atoms with Crippen molar-refractivity contribution in [1.82, 2.24) is 4.90 Å². The quantitative estimate of drug-likeness (QED) is 0.699. The first-order valence-corrected chi connectivity index (χ1v) is 11.3. The molecule has 1 spiro atoms. The summed E-state index contributed by atoms with van der Waals surface area (Å²) in [5.41, 5.74) is 0.645. The maximum atomic E-state index is 13.5. The van der Waals surface area contributed by atoms with Crippen LogP contribution in [0.4, 0.5) is 5.69 Å². The zero-order valence-corrected chi connectivity index (χ0v) is 17.8. The lowest BCUT2D eigenvalue weighted by Crippen LogP contribution is -2.74. The van der Waals surface area contributed by atoms with Crippen LogP contribution in [0.2, 0.25) is 0 Å². The van der Waals surface area contributed by atoms with Crippen LogP contribution in [0, 0.1) is 11.8 Å². The zero-order valence-electron chi connectivity index (χ0n) is 17.8. The van der Waals surface area contributed by atoms with Crippen LogP contribution < -0.4 is 14.4 Å². The van der Waals surface area contributed by atoms with E-state index in [4.69, 9.17) is 14.2 Å². The fourth-order valence-corrected chi connectivity index (χ4v) is 8.32. The molecule has 8 nitrogen and oxygen atoms in total. The maximum absolute atomic E-state index is 13.5. The number of amides is 1. The van der Waals surface area contributed by atoms with E-state index in [-0.39, 0.29) is 54.4 Å². The van der Waals surface area contributed by atoms with E-state index in [1.54, 1.807) is 14.2 Å². The van der Waals surface area contributed by atoms with Gasteiger partial charge >= 0.3 is 0 Å². The van der Waals surface area contributed by atoms with E-state index in [9.17, 15) is 15.0 Å². The van der Waals surface area contributed by atoms with Gasteiger partial charge in [-0.25, -0.2) is 0 Å². The molecule has 0 unspecified atom stereocenters. The number of fused-ring (bicyclic) bond motifs is 2. The van der Waals surface area contributed by atoms with Crippen LogP contribution in [0.3, 0.4) is 0 Å². The number of rotatable bonds is 2. The first-order valence-electron chi connectivity index (χ1n) is 11.3. The van der Waals surface area contributed by atoms with Gasteiger partial charge in [0.2, 0.25) is 5.91 Å². The van der Waals surface area contributed by atoms with Crippen LogP contribution in [0.25, 0.3) is 0 Å². The highest BCUT2D eigenvalue weighted by molar-refractivity contribution is 5.99. The minimum atomic E-state index is -1.21. The Balaban J connectivity index is 1.51. The zero-order chi connectivity index (χ0) is 21.3. The van der Waals surface area contributed by atoms with Gasteiger partial charge < -0.3 is 29.3 Å². The van der Waals surface area contributed by atoms with E-state index in [1.165, 1.54) is 0 Å². The number of benzene rings is 1. The summed E-state index contributed by atoms with van der Waals surface area (Å²) >= 11 is 0. The second-order valence-corrected chi connectivity index (χ2v) is 10.2. The number of piperidine rings is 2. The van der Waals surface area contributed by atoms with Gasteiger partial charge in [-0.05, 0) is 31.0 Å². The van der Waals surface area contributed by atoms with E-state index < -0.39 is 11.7 Å². The average Bonchev–Trinajstić information content (AvgIpc) is 3.26. The standard InChI is InChI=1S/C23H28N2O6/c1-29-14-5-11-13(7-15(14)30-2)25-19(27)8-16-20-12-6-17-22(11,21(20)25)3-4-24(17)10-23(12,28)18(26)9-31-16/h5,7,12,16-18,20-21,26,28H,3-4,6,8-10H2,1-2H3/t12-,16+,17+,18+,20+,21+,22+,23+/m1/s1. The van der Waals surface area contributed by atoms with E-state index in [2.05, 4.69) is 11.0 Å². The molecule has 1 aromatic rings. The molecule has 8 atom stereocenters. The highest BCUT2D eigenvalue weighted by atomic mass is 16.5. The molecule has 8 heteroatoms. The SMILES string of the molecule is COc1cc2c(cc1OC)[C@@]13CCN4C[C@]5(O)[C@H](C[C@H]41)[C@H]1[C@H](CC(=O)N2[C@@H]13)OC[C@@H]5O. The molecule has 0 radical (unpaired) electrons. The molecule has 5 aliphatic heterocycles. The largest absolute Gasteiger partial charge is 0.493 e. The summed E-state index contributed by atoms with van der Waals surface area (Å²) < 4.78 is 17.4. The fourth-order valence-electron chi connectivity index (χ4n) is 8.32. The molecule has 1 saturated carbocycles. The van der Waals surface area contributed by atoms with Gasteiger partial charge in [-0.2, -0.15) is 0 Å². The van der Waals surface area contributed by atoms with Gasteiger partial charge in [0, 0.05) is 35.9 Å². The minimum absolute atomic E-state index is 0.0132. The molecule has 31 heavy (non-hydrogen) atoms.